The number of carbonyl (C=O) groups is 1. The molecular formula is C16H20N2OS2. The summed E-state index contributed by atoms with van der Waals surface area (Å²) in [7, 11) is 0. The highest BCUT2D eigenvalue weighted by atomic mass is 32.1. The number of hydrogen-bond donors (Lipinski definition) is 1. The van der Waals surface area contributed by atoms with Gasteiger partial charge in [-0.2, -0.15) is 0 Å². The topological polar surface area (TPSA) is 34.0 Å². The molecule has 5 heteroatoms. The molecule has 0 atom stereocenters. The van der Waals surface area contributed by atoms with Crippen molar-refractivity contribution >= 4 is 29.5 Å². The van der Waals surface area contributed by atoms with E-state index in [0.29, 0.717) is 12.5 Å². The molecule has 0 bridgehead atoms. The van der Waals surface area contributed by atoms with Gasteiger partial charge in [0, 0.05) is 11.9 Å². The standard InChI is InChI=1S/C16H20N2OS2/c1-11(2)8-17-15(19)9-18-14(10-21-16(18)20)13-6-4-12(3)5-7-13/h4-7,10-11H,8-9H2,1-3H3,(H,17,19). The van der Waals surface area contributed by atoms with Gasteiger partial charge in [0.05, 0.1) is 5.69 Å². The third-order valence-corrected chi connectivity index (χ3v) is 4.41. The van der Waals surface area contributed by atoms with Crippen LogP contribution >= 0.6 is 23.6 Å². The molecule has 1 aromatic heterocycles. The first-order chi connectivity index (χ1) is 9.97. The molecule has 112 valence electrons. The summed E-state index contributed by atoms with van der Waals surface area (Å²) in [6.45, 7) is 7.18. The lowest BCUT2D eigenvalue weighted by molar-refractivity contribution is -0.121. The summed E-state index contributed by atoms with van der Waals surface area (Å²) in [5.74, 6) is 0.451. The molecule has 2 rings (SSSR count). The smallest absolute Gasteiger partial charge is 0.240 e. The van der Waals surface area contributed by atoms with Crippen LogP contribution in [0.25, 0.3) is 11.3 Å². The first-order valence-corrected chi connectivity index (χ1v) is 8.28. The zero-order valence-electron chi connectivity index (χ0n) is 12.6. The number of aromatic nitrogens is 1. The van der Waals surface area contributed by atoms with Crippen molar-refractivity contribution in [3.8, 4) is 11.3 Å². The molecule has 2 aromatic rings. The second kappa shape index (κ2) is 7.00. The molecule has 1 N–H and O–H groups in total. The molecule has 1 aromatic carbocycles. The van der Waals surface area contributed by atoms with E-state index in [1.807, 2.05) is 9.95 Å². The van der Waals surface area contributed by atoms with Crippen LogP contribution in [0.3, 0.4) is 0 Å². The van der Waals surface area contributed by atoms with Crippen molar-refractivity contribution in [2.45, 2.75) is 27.3 Å². The number of carbonyl (C=O) groups excluding carboxylic acids is 1. The molecule has 0 radical (unpaired) electrons. The minimum absolute atomic E-state index is 0.00608. The Bertz CT molecular complexity index is 668. The first kappa shape index (κ1) is 15.9. The maximum Gasteiger partial charge on any atom is 0.240 e. The van der Waals surface area contributed by atoms with Crippen LogP contribution in [0.1, 0.15) is 19.4 Å². The normalized spacial score (nSPS) is 10.9. The van der Waals surface area contributed by atoms with Crippen LogP contribution in [-0.4, -0.2) is 17.0 Å². The second-order valence-corrected chi connectivity index (χ2v) is 7.04. The molecule has 0 aliphatic rings. The Morgan fingerprint density at radius 2 is 2.00 bits per heavy atom. The molecular weight excluding hydrogens is 300 g/mol. The quantitative estimate of drug-likeness (QED) is 0.844. The lowest BCUT2D eigenvalue weighted by Gasteiger charge is -2.11. The summed E-state index contributed by atoms with van der Waals surface area (Å²) in [6, 6.07) is 8.27. The Hall–Kier alpha value is -1.46. The van der Waals surface area contributed by atoms with Crippen LogP contribution in [0.5, 0.6) is 0 Å². The van der Waals surface area contributed by atoms with Crippen LogP contribution in [0.4, 0.5) is 0 Å². The highest BCUT2D eigenvalue weighted by molar-refractivity contribution is 7.73. The van der Waals surface area contributed by atoms with E-state index in [2.05, 4.69) is 50.4 Å². The predicted octanol–water partition coefficient (Wildman–Crippen LogP) is 4.03. The lowest BCUT2D eigenvalue weighted by atomic mass is 10.1. The zero-order valence-corrected chi connectivity index (χ0v) is 14.2. The van der Waals surface area contributed by atoms with Crippen LogP contribution in [0, 0.1) is 16.8 Å². The molecule has 0 aliphatic heterocycles. The number of benzene rings is 1. The summed E-state index contributed by atoms with van der Waals surface area (Å²) in [5, 5.41) is 4.95. The van der Waals surface area contributed by atoms with Gasteiger partial charge in [-0.15, -0.1) is 11.3 Å². The molecule has 21 heavy (non-hydrogen) atoms. The van der Waals surface area contributed by atoms with E-state index in [1.165, 1.54) is 16.9 Å². The lowest BCUT2D eigenvalue weighted by Crippen LogP contribution is -2.30. The van der Waals surface area contributed by atoms with Gasteiger partial charge in [-0.25, -0.2) is 0 Å². The monoisotopic (exact) mass is 320 g/mol. The van der Waals surface area contributed by atoms with Crippen molar-refractivity contribution in [1.29, 1.82) is 0 Å². The minimum Gasteiger partial charge on any atom is -0.354 e. The fourth-order valence-electron chi connectivity index (χ4n) is 1.95. The van der Waals surface area contributed by atoms with Crippen molar-refractivity contribution < 1.29 is 4.79 Å². The average Bonchev–Trinajstić information content (AvgIpc) is 2.79. The van der Waals surface area contributed by atoms with Crippen LogP contribution in [0.2, 0.25) is 0 Å². The number of nitrogens with one attached hydrogen (secondary N) is 1. The Kier molecular flexibility index (Phi) is 5.31. The number of hydrogen-bond acceptors (Lipinski definition) is 3. The maximum atomic E-state index is 12.0. The van der Waals surface area contributed by atoms with Gasteiger partial charge in [0.15, 0.2) is 3.95 Å². The van der Waals surface area contributed by atoms with Crippen LogP contribution < -0.4 is 5.32 Å². The van der Waals surface area contributed by atoms with E-state index < -0.39 is 0 Å². The van der Waals surface area contributed by atoms with Crippen LogP contribution in [0.15, 0.2) is 29.6 Å². The molecule has 0 fully saturated rings. The molecule has 0 saturated carbocycles. The third kappa shape index (κ3) is 4.25. The van der Waals surface area contributed by atoms with Gasteiger partial charge >= 0.3 is 0 Å². The number of amides is 1. The Labute approximate surface area is 134 Å². The summed E-state index contributed by atoms with van der Waals surface area (Å²) >= 11 is 6.85. The van der Waals surface area contributed by atoms with E-state index in [9.17, 15) is 4.79 Å². The summed E-state index contributed by atoms with van der Waals surface area (Å²) in [6.07, 6.45) is 0. The highest BCUT2D eigenvalue weighted by Gasteiger charge is 2.11. The molecule has 3 nitrogen and oxygen atoms in total. The fraction of sp³-hybridized carbons (Fsp3) is 0.375. The predicted molar refractivity (Wildman–Crippen MR) is 91.2 cm³/mol. The average molecular weight is 320 g/mol. The van der Waals surface area contributed by atoms with Crippen LogP contribution in [-0.2, 0) is 11.3 Å². The fourth-order valence-corrected chi connectivity index (χ4v) is 3.02. The molecule has 0 aliphatic carbocycles. The number of rotatable bonds is 5. The van der Waals surface area contributed by atoms with E-state index in [-0.39, 0.29) is 12.5 Å². The van der Waals surface area contributed by atoms with Gasteiger partial charge in [-0.05, 0) is 30.6 Å². The summed E-state index contributed by atoms with van der Waals surface area (Å²) in [4.78, 5) is 12.0. The minimum atomic E-state index is 0.00608. The second-order valence-electron chi connectivity index (χ2n) is 5.54. The molecule has 0 spiro atoms. The van der Waals surface area contributed by atoms with Crippen molar-refractivity contribution in [1.82, 2.24) is 9.88 Å². The molecule has 0 unspecified atom stereocenters. The van der Waals surface area contributed by atoms with E-state index in [1.54, 1.807) is 0 Å². The highest BCUT2D eigenvalue weighted by Crippen LogP contribution is 2.24. The maximum absolute atomic E-state index is 12.0. The number of nitrogens with zero attached hydrogens (tertiary/aromatic N) is 1. The number of thiazole rings is 1. The molecule has 1 heterocycles. The van der Waals surface area contributed by atoms with E-state index >= 15 is 0 Å². The summed E-state index contributed by atoms with van der Waals surface area (Å²) < 4.78 is 2.63. The molecule has 1 amide bonds. The van der Waals surface area contributed by atoms with Gasteiger partial charge in [0.1, 0.15) is 6.54 Å². The largest absolute Gasteiger partial charge is 0.354 e. The van der Waals surface area contributed by atoms with Crippen molar-refractivity contribution in [2.24, 2.45) is 5.92 Å². The van der Waals surface area contributed by atoms with Gasteiger partial charge in [0.25, 0.3) is 0 Å². The zero-order chi connectivity index (χ0) is 15.4. The van der Waals surface area contributed by atoms with Gasteiger partial charge < -0.3 is 9.88 Å². The Morgan fingerprint density at radius 3 is 2.62 bits per heavy atom. The third-order valence-electron chi connectivity index (χ3n) is 3.14. The SMILES string of the molecule is Cc1ccc(-c2csc(=S)n2CC(=O)NCC(C)C)cc1. The van der Waals surface area contributed by atoms with E-state index in [4.69, 9.17) is 12.2 Å². The summed E-state index contributed by atoms with van der Waals surface area (Å²) in [5.41, 5.74) is 3.31. The first-order valence-electron chi connectivity index (χ1n) is 6.99. The Balaban J connectivity index is 2.20. The van der Waals surface area contributed by atoms with Gasteiger partial charge in [-0.3, -0.25) is 4.79 Å². The van der Waals surface area contributed by atoms with Crippen molar-refractivity contribution in [3.05, 3.63) is 39.2 Å². The van der Waals surface area contributed by atoms with Gasteiger partial charge in [-0.1, -0.05) is 43.7 Å². The molecule has 0 saturated heterocycles. The van der Waals surface area contributed by atoms with E-state index in [0.717, 1.165) is 15.2 Å². The van der Waals surface area contributed by atoms with Crippen molar-refractivity contribution in [2.75, 3.05) is 6.54 Å². The Morgan fingerprint density at radius 1 is 1.33 bits per heavy atom. The van der Waals surface area contributed by atoms with Gasteiger partial charge in [0.2, 0.25) is 5.91 Å². The number of aryl methyl sites for hydroxylation is 1. The van der Waals surface area contributed by atoms with Crippen molar-refractivity contribution in [3.63, 3.8) is 0 Å².